The number of carbonyl (C=O) groups excluding carboxylic acids is 2. The molecule has 0 aromatic rings. The molecule has 0 radical (unpaired) electrons. The normalized spacial score (nSPS) is 13.8. The summed E-state index contributed by atoms with van der Waals surface area (Å²) in [6.07, 6.45) is 50.3. The third kappa shape index (κ3) is 38.5. The molecule has 0 spiro atoms. The maximum Gasteiger partial charge on any atom is 0.306 e. The molecule has 320 valence electrons. The topological polar surface area (TPSA) is 95.9 Å². The van der Waals surface area contributed by atoms with Crippen molar-refractivity contribution in [2.45, 2.75) is 244 Å². The van der Waals surface area contributed by atoms with E-state index in [0.717, 1.165) is 89.9 Å². The van der Waals surface area contributed by atoms with Gasteiger partial charge in [0.05, 0.1) is 25.2 Å². The second kappa shape index (κ2) is 43.0. The minimum absolute atomic E-state index is 0.0610. The average Bonchev–Trinajstić information content (AvgIpc) is 3.18. The van der Waals surface area contributed by atoms with Crippen molar-refractivity contribution in [3.05, 3.63) is 48.6 Å². The van der Waals surface area contributed by atoms with Gasteiger partial charge in [-0.1, -0.05) is 198 Å². The van der Waals surface area contributed by atoms with Crippen LogP contribution in [0.2, 0.25) is 0 Å². The maximum atomic E-state index is 13.1. The molecule has 6 nitrogen and oxygen atoms in total. The summed E-state index contributed by atoms with van der Waals surface area (Å²) in [6.45, 7) is 6.27. The van der Waals surface area contributed by atoms with Gasteiger partial charge in [0.25, 0.3) is 0 Å². The molecule has 0 rings (SSSR count). The molecule has 0 aliphatic carbocycles. The zero-order valence-corrected chi connectivity index (χ0v) is 36.3. The largest absolute Gasteiger partial charge is 0.462 e. The summed E-state index contributed by atoms with van der Waals surface area (Å²) in [6, 6.07) is -0.706. The van der Waals surface area contributed by atoms with Gasteiger partial charge in [-0.2, -0.15) is 0 Å². The quantitative estimate of drug-likeness (QED) is 0.0249. The van der Waals surface area contributed by atoms with E-state index in [4.69, 9.17) is 4.74 Å². The van der Waals surface area contributed by atoms with Crippen LogP contribution in [0, 0.1) is 0 Å². The van der Waals surface area contributed by atoms with Gasteiger partial charge < -0.3 is 20.3 Å². The zero-order chi connectivity index (χ0) is 40.3. The van der Waals surface area contributed by atoms with E-state index >= 15 is 0 Å². The Kier molecular flexibility index (Phi) is 41.2. The Balaban J connectivity index is 4.48. The van der Waals surface area contributed by atoms with Gasteiger partial charge in [0, 0.05) is 6.42 Å². The first-order valence-corrected chi connectivity index (χ1v) is 23.4. The first-order valence-electron chi connectivity index (χ1n) is 23.4. The van der Waals surface area contributed by atoms with Gasteiger partial charge in [-0.3, -0.25) is 9.59 Å². The molecule has 3 N–H and O–H groups in total. The van der Waals surface area contributed by atoms with Crippen molar-refractivity contribution in [1.29, 1.82) is 0 Å². The van der Waals surface area contributed by atoms with E-state index in [-0.39, 0.29) is 24.9 Å². The number of hydrogen-bond donors (Lipinski definition) is 3. The Morgan fingerprint density at radius 2 is 1.04 bits per heavy atom. The highest BCUT2D eigenvalue weighted by Gasteiger charge is 2.24. The Hall–Kier alpha value is -2.18. The van der Waals surface area contributed by atoms with Crippen molar-refractivity contribution in [1.82, 2.24) is 5.32 Å². The molecule has 0 aliphatic heterocycles. The van der Waals surface area contributed by atoms with Crippen molar-refractivity contribution in [3.8, 4) is 0 Å². The van der Waals surface area contributed by atoms with Crippen LogP contribution in [0.1, 0.15) is 226 Å². The van der Waals surface area contributed by atoms with E-state index in [9.17, 15) is 19.8 Å². The summed E-state index contributed by atoms with van der Waals surface area (Å²) in [5.74, 6) is -0.507. The zero-order valence-electron chi connectivity index (χ0n) is 36.3. The smallest absolute Gasteiger partial charge is 0.306 e. The first kappa shape index (κ1) is 52.8. The van der Waals surface area contributed by atoms with Crippen LogP contribution >= 0.6 is 0 Å². The molecule has 1 amide bonds. The van der Waals surface area contributed by atoms with E-state index in [1.807, 2.05) is 0 Å². The predicted octanol–water partition coefficient (Wildman–Crippen LogP) is 13.5. The molecule has 6 heteroatoms. The molecule has 0 heterocycles. The fourth-order valence-corrected chi connectivity index (χ4v) is 6.90. The Labute approximate surface area is 340 Å². The standard InChI is InChI=1S/C49H89NO5/c1-4-7-10-13-16-19-21-23-24-26-28-30-33-36-39-42-49(54)55-45(40-37-34-31-18-15-12-9-6-3)43-48(53)50-46(44-51)47(52)41-38-35-32-29-27-25-22-20-17-14-11-8-5-2/h7,10,12-13,15-16,19,21,45-47,51-52H,4-6,8-9,11,14,17-18,20,22-44H2,1-3H3,(H,50,53)/b10-7+,15-12-,16-13+,21-19+. The van der Waals surface area contributed by atoms with Crippen LogP contribution in [-0.2, 0) is 14.3 Å². The predicted molar refractivity (Wildman–Crippen MR) is 236 cm³/mol. The van der Waals surface area contributed by atoms with Crippen LogP contribution in [0.15, 0.2) is 48.6 Å². The number of aliphatic hydroxyl groups is 2. The number of rotatable bonds is 41. The molecule has 0 aromatic heterocycles. The van der Waals surface area contributed by atoms with Gasteiger partial charge in [-0.15, -0.1) is 0 Å². The third-order valence-corrected chi connectivity index (χ3v) is 10.4. The molecule has 0 saturated heterocycles. The molecular weight excluding hydrogens is 683 g/mol. The summed E-state index contributed by atoms with van der Waals surface area (Å²) in [5, 5.41) is 23.6. The van der Waals surface area contributed by atoms with E-state index in [2.05, 4.69) is 74.7 Å². The fourth-order valence-electron chi connectivity index (χ4n) is 6.90. The maximum absolute atomic E-state index is 13.1. The Morgan fingerprint density at radius 1 is 0.545 bits per heavy atom. The monoisotopic (exact) mass is 772 g/mol. The molecular formula is C49H89NO5. The van der Waals surface area contributed by atoms with E-state index in [1.165, 1.54) is 89.9 Å². The van der Waals surface area contributed by atoms with Crippen LogP contribution in [-0.4, -0.2) is 46.9 Å². The molecule has 0 aromatic carbocycles. The van der Waals surface area contributed by atoms with Crippen LogP contribution in [0.3, 0.4) is 0 Å². The second-order valence-electron chi connectivity index (χ2n) is 15.8. The average molecular weight is 772 g/mol. The Morgan fingerprint density at radius 3 is 1.62 bits per heavy atom. The fraction of sp³-hybridized carbons (Fsp3) is 0.796. The molecule has 0 aliphatic rings. The second-order valence-corrected chi connectivity index (χ2v) is 15.8. The highest BCUT2D eigenvalue weighted by molar-refractivity contribution is 5.77. The number of esters is 1. The lowest BCUT2D eigenvalue weighted by Crippen LogP contribution is -2.46. The Bertz CT molecular complexity index is 957. The lowest BCUT2D eigenvalue weighted by atomic mass is 10.0. The van der Waals surface area contributed by atoms with E-state index in [1.54, 1.807) is 0 Å². The number of nitrogens with one attached hydrogen (secondary N) is 1. The number of unbranched alkanes of at least 4 members (excludes halogenated alkanes) is 23. The molecule has 0 fully saturated rings. The van der Waals surface area contributed by atoms with Crippen molar-refractivity contribution >= 4 is 11.9 Å². The lowest BCUT2D eigenvalue weighted by molar-refractivity contribution is -0.151. The number of allylic oxidation sites excluding steroid dienone is 8. The summed E-state index contributed by atoms with van der Waals surface area (Å²) in [5.41, 5.74) is 0. The number of hydrogen-bond acceptors (Lipinski definition) is 5. The molecule has 55 heavy (non-hydrogen) atoms. The van der Waals surface area contributed by atoms with Gasteiger partial charge in [-0.25, -0.2) is 0 Å². The summed E-state index contributed by atoms with van der Waals surface area (Å²) in [4.78, 5) is 25.9. The van der Waals surface area contributed by atoms with Crippen molar-refractivity contribution in [2.75, 3.05) is 6.61 Å². The molecule has 0 saturated carbocycles. The van der Waals surface area contributed by atoms with Crippen molar-refractivity contribution in [3.63, 3.8) is 0 Å². The van der Waals surface area contributed by atoms with E-state index < -0.39 is 18.2 Å². The summed E-state index contributed by atoms with van der Waals surface area (Å²) < 4.78 is 5.87. The molecule has 0 bridgehead atoms. The van der Waals surface area contributed by atoms with Gasteiger partial charge in [0.2, 0.25) is 5.91 Å². The van der Waals surface area contributed by atoms with Crippen LogP contribution in [0.25, 0.3) is 0 Å². The van der Waals surface area contributed by atoms with Gasteiger partial charge in [0.1, 0.15) is 6.10 Å². The lowest BCUT2D eigenvalue weighted by Gasteiger charge is -2.24. The number of amides is 1. The van der Waals surface area contributed by atoms with E-state index in [0.29, 0.717) is 19.3 Å². The molecule has 3 unspecified atom stereocenters. The highest BCUT2D eigenvalue weighted by atomic mass is 16.5. The highest BCUT2D eigenvalue weighted by Crippen LogP contribution is 2.17. The third-order valence-electron chi connectivity index (χ3n) is 10.4. The molecule has 3 atom stereocenters. The van der Waals surface area contributed by atoms with Crippen LogP contribution < -0.4 is 5.32 Å². The van der Waals surface area contributed by atoms with Crippen molar-refractivity contribution < 1.29 is 24.5 Å². The van der Waals surface area contributed by atoms with Crippen molar-refractivity contribution in [2.24, 2.45) is 0 Å². The SMILES string of the molecule is CC/C=C/C=C/C=C/CCCCCCCCCC(=O)OC(CCCCC/C=C\CCC)CC(=O)NC(CO)C(O)CCCCCCCCCCCCCCC. The summed E-state index contributed by atoms with van der Waals surface area (Å²) >= 11 is 0. The number of carbonyl (C=O) groups is 2. The van der Waals surface area contributed by atoms with Gasteiger partial charge in [-0.05, 0) is 64.2 Å². The number of aliphatic hydroxyl groups excluding tert-OH is 2. The van der Waals surface area contributed by atoms with Gasteiger partial charge >= 0.3 is 5.97 Å². The first-order chi connectivity index (χ1) is 27.0. The van der Waals surface area contributed by atoms with Crippen LogP contribution in [0.5, 0.6) is 0 Å². The van der Waals surface area contributed by atoms with Crippen LogP contribution in [0.4, 0.5) is 0 Å². The van der Waals surface area contributed by atoms with Gasteiger partial charge in [0.15, 0.2) is 0 Å². The summed E-state index contributed by atoms with van der Waals surface area (Å²) in [7, 11) is 0. The number of ether oxygens (including phenoxy) is 1. The minimum Gasteiger partial charge on any atom is -0.462 e. The minimum atomic E-state index is -0.791.